The average Bonchev–Trinajstić information content (AvgIpc) is 3.01. The molecule has 0 amide bonds. The Morgan fingerprint density at radius 2 is 2.15 bits per heavy atom. The highest BCUT2D eigenvalue weighted by atomic mass is 15.1. The summed E-state index contributed by atoms with van der Waals surface area (Å²) in [5.74, 6) is 1.66. The van der Waals surface area contributed by atoms with E-state index in [1.165, 1.54) is 32.1 Å². The molecule has 5 heteroatoms. The Kier molecular flexibility index (Phi) is 2.88. The van der Waals surface area contributed by atoms with Crippen molar-refractivity contribution in [2.24, 2.45) is 11.7 Å². The Balaban J connectivity index is 1.67. The van der Waals surface area contributed by atoms with Gasteiger partial charge in [-0.2, -0.15) is 0 Å². The molecule has 2 atom stereocenters. The molecule has 2 aromatic rings. The number of fused-ring (bicyclic) bond motifs is 1. The number of hydrogen-bond acceptors (Lipinski definition) is 4. The molecule has 2 unspecified atom stereocenters. The fraction of sp³-hybridized carbons (Fsp3) is 0.600. The summed E-state index contributed by atoms with van der Waals surface area (Å²) in [5, 5.41) is 4.65. The van der Waals surface area contributed by atoms with Gasteiger partial charge in [-0.3, -0.25) is 0 Å². The second kappa shape index (κ2) is 4.74. The van der Waals surface area contributed by atoms with E-state index in [4.69, 9.17) is 5.73 Å². The molecule has 2 aliphatic carbocycles. The van der Waals surface area contributed by atoms with Gasteiger partial charge >= 0.3 is 0 Å². The van der Waals surface area contributed by atoms with Gasteiger partial charge in [0.05, 0.1) is 5.39 Å². The predicted octanol–water partition coefficient (Wildman–Crippen LogP) is 2.31. The number of nitrogens with one attached hydrogen (secondary N) is 1. The molecular weight excluding hydrogens is 250 g/mol. The van der Waals surface area contributed by atoms with Crippen LogP contribution in [0.3, 0.4) is 0 Å². The molecule has 0 aromatic carbocycles. The van der Waals surface area contributed by atoms with Crippen molar-refractivity contribution in [1.29, 1.82) is 0 Å². The molecule has 0 aliphatic heterocycles. The molecule has 2 aliphatic rings. The summed E-state index contributed by atoms with van der Waals surface area (Å²) in [4.78, 5) is 8.91. The average molecular weight is 271 g/mol. The minimum atomic E-state index is 0.546. The van der Waals surface area contributed by atoms with E-state index < -0.39 is 0 Å². The van der Waals surface area contributed by atoms with Gasteiger partial charge in [-0.25, -0.2) is 9.97 Å². The first-order chi connectivity index (χ1) is 9.85. The first-order valence-corrected chi connectivity index (χ1v) is 7.63. The summed E-state index contributed by atoms with van der Waals surface area (Å²) >= 11 is 0. The number of anilines is 1. The van der Waals surface area contributed by atoms with E-state index in [1.807, 2.05) is 0 Å². The zero-order chi connectivity index (χ0) is 13.5. The highest BCUT2D eigenvalue weighted by Crippen LogP contribution is 2.37. The van der Waals surface area contributed by atoms with Crippen LogP contribution in [0.4, 0.5) is 5.82 Å². The second-order valence-electron chi connectivity index (χ2n) is 6.17. The third kappa shape index (κ3) is 2.06. The molecule has 3 N–H and O–H groups in total. The molecule has 2 heterocycles. The molecule has 0 bridgehead atoms. The quantitative estimate of drug-likeness (QED) is 0.895. The van der Waals surface area contributed by atoms with Gasteiger partial charge in [0.1, 0.15) is 17.8 Å². The molecule has 4 rings (SSSR count). The van der Waals surface area contributed by atoms with Crippen molar-refractivity contribution in [3.05, 3.63) is 18.6 Å². The molecule has 20 heavy (non-hydrogen) atoms. The fourth-order valence-corrected chi connectivity index (χ4v) is 3.32. The van der Waals surface area contributed by atoms with Crippen molar-refractivity contribution in [3.63, 3.8) is 0 Å². The molecule has 5 nitrogen and oxygen atoms in total. The Labute approximate surface area is 118 Å². The van der Waals surface area contributed by atoms with Gasteiger partial charge in [0.25, 0.3) is 0 Å². The summed E-state index contributed by atoms with van der Waals surface area (Å²) in [5.41, 5.74) is 6.86. The van der Waals surface area contributed by atoms with E-state index in [1.54, 1.807) is 6.33 Å². The SMILES string of the molecule is NCC1CCC(n2ccc3c(NC4CC4)ncnc32)C1. The second-order valence-corrected chi connectivity index (χ2v) is 6.17. The van der Waals surface area contributed by atoms with Gasteiger partial charge < -0.3 is 15.6 Å². The Morgan fingerprint density at radius 3 is 2.90 bits per heavy atom. The lowest BCUT2D eigenvalue weighted by Gasteiger charge is -2.14. The molecule has 2 saturated carbocycles. The lowest BCUT2D eigenvalue weighted by molar-refractivity contribution is 0.490. The predicted molar refractivity (Wildman–Crippen MR) is 79.6 cm³/mol. The van der Waals surface area contributed by atoms with E-state index in [0.29, 0.717) is 18.0 Å². The highest BCUT2D eigenvalue weighted by Gasteiger charge is 2.27. The van der Waals surface area contributed by atoms with Crippen LogP contribution in [-0.4, -0.2) is 27.1 Å². The maximum absolute atomic E-state index is 5.80. The van der Waals surface area contributed by atoms with Crippen LogP contribution in [0.5, 0.6) is 0 Å². The van der Waals surface area contributed by atoms with Crippen LogP contribution >= 0.6 is 0 Å². The van der Waals surface area contributed by atoms with Gasteiger partial charge in [-0.1, -0.05) is 0 Å². The van der Waals surface area contributed by atoms with Crippen LogP contribution in [0.25, 0.3) is 11.0 Å². The minimum absolute atomic E-state index is 0.546. The van der Waals surface area contributed by atoms with Gasteiger partial charge in [-0.15, -0.1) is 0 Å². The molecule has 106 valence electrons. The Bertz CT molecular complexity index is 616. The van der Waals surface area contributed by atoms with Crippen LogP contribution in [0.15, 0.2) is 18.6 Å². The molecular formula is C15H21N5. The van der Waals surface area contributed by atoms with Crippen molar-refractivity contribution >= 4 is 16.9 Å². The molecule has 0 radical (unpaired) electrons. The zero-order valence-corrected chi connectivity index (χ0v) is 11.6. The normalized spacial score (nSPS) is 26.2. The van der Waals surface area contributed by atoms with Crippen LogP contribution in [0.2, 0.25) is 0 Å². The molecule has 0 saturated heterocycles. The van der Waals surface area contributed by atoms with Crippen LogP contribution < -0.4 is 11.1 Å². The van der Waals surface area contributed by atoms with Gasteiger partial charge in [-0.05, 0) is 50.6 Å². The lowest BCUT2D eigenvalue weighted by Crippen LogP contribution is -2.12. The van der Waals surface area contributed by atoms with E-state index in [0.717, 1.165) is 23.4 Å². The maximum atomic E-state index is 5.80. The van der Waals surface area contributed by atoms with Crippen LogP contribution in [0, 0.1) is 5.92 Å². The van der Waals surface area contributed by atoms with Gasteiger partial charge in [0.15, 0.2) is 0 Å². The molecule has 2 fully saturated rings. The summed E-state index contributed by atoms with van der Waals surface area (Å²) < 4.78 is 2.32. The third-order valence-corrected chi connectivity index (χ3v) is 4.67. The summed E-state index contributed by atoms with van der Waals surface area (Å²) in [6, 6.07) is 3.31. The topological polar surface area (TPSA) is 68.8 Å². The molecule has 2 aromatic heterocycles. The number of nitrogens with zero attached hydrogens (tertiary/aromatic N) is 3. The molecule has 0 spiro atoms. The van der Waals surface area contributed by atoms with E-state index in [-0.39, 0.29) is 0 Å². The van der Waals surface area contributed by atoms with E-state index >= 15 is 0 Å². The number of hydrogen-bond donors (Lipinski definition) is 2. The van der Waals surface area contributed by atoms with Crippen molar-refractivity contribution in [3.8, 4) is 0 Å². The van der Waals surface area contributed by atoms with Crippen LogP contribution in [-0.2, 0) is 0 Å². The Morgan fingerprint density at radius 1 is 1.25 bits per heavy atom. The maximum Gasteiger partial charge on any atom is 0.145 e. The number of nitrogens with two attached hydrogens (primary N) is 1. The first kappa shape index (κ1) is 12.1. The minimum Gasteiger partial charge on any atom is -0.367 e. The van der Waals surface area contributed by atoms with Crippen molar-refractivity contribution < 1.29 is 0 Å². The smallest absolute Gasteiger partial charge is 0.145 e. The van der Waals surface area contributed by atoms with Crippen LogP contribution in [0.1, 0.15) is 38.1 Å². The third-order valence-electron chi connectivity index (χ3n) is 4.67. The fourth-order valence-electron chi connectivity index (χ4n) is 3.32. The van der Waals surface area contributed by atoms with E-state index in [2.05, 4.69) is 32.1 Å². The lowest BCUT2D eigenvalue weighted by atomic mass is 10.1. The first-order valence-electron chi connectivity index (χ1n) is 7.63. The summed E-state index contributed by atoms with van der Waals surface area (Å²) in [6.07, 6.45) is 9.98. The standard InChI is InChI=1S/C15H21N5/c16-8-10-1-4-12(7-10)20-6-5-13-14(19-11-2-3-11)17-9-18-15(13)20/h5-6,9-12H,1-4,7-8,16H2,(H,17,18,19). The summed E-state index contributed by atoms with van der Waals surface area (Å²) in [6.45, 7) is 0.805. The number of rotatable bonds is 4. The monoisotopic (exact) mass is 271 g/mol. The van der Waals surface area contributed by atoms with E-state index in [9.17, 15) is 0 Å². The summed E-state index contributed by atoms with van der Waals surface area (Å²) in [7, 11) is 0. The largest absolute Gasteiger partial charge is 0.367 e. The zero-order valence-electron chi connectivity index (χ0n) is 11.6. The van der Waals surface area contributed by atoms with Gasteiger partial charge in [0.2, 0.25) is 0 Å². The van der Waals surface area contributed by atoms with Crippen molar-refractivity contribution in [2.75, 3.05) is 11.9 Å². The van der Waals surface area contributed by atoms with Crippen molar-refractivity contribution in [2.45, 2.75) is 44.2 Å². The van der Waals surface area contributed by atoms with Gasteiger partial charge in [0, 0.05) is 18.3 Å². The number of aromatic nitrogens is 3. The highest BCUT2D eigenvalue weighted by molar-refractivity contribution is 5.87. The van der Waals surface area contributed by atoms with Crippen molar-refractivity contribution in [1.82, 2.24) is 14.5 Å². The Hall–Kier alpha value is -1.62.